The number of aliphatic hydroxyl groups excluding tert-OH is 1. The molecule has 4 aromatic rings. The molecule has 0 bridgehead atoms. The number of rotatable bonds is 8. The summed E-state index contributed by atoms with van der Waals surface area (Å²) in [5.41, 5.74) is -0.463. The Hall–Kier alpha value is -4.10. The van der Waals surface area contributed by atoms with Crippen LogP contribution in [0.15, 0.2) is 60.2 Å². The summed E-state index contributed by atoms with van der Waals surface area (Å²) in [4.78, 5) is 18.9. The number of hydrogen-bond acceptors (Lipinski definition) is 8. The number of halogens is 4. The maximum absolute atomic E-state index is 14.6. The molecular weight excluding hydrogens is 550 g/mol. The molecular formula is C27H23F4N5O3S. The van der Waals surface area contributed by atoms with Crippen molar-refractivity contribution >= 4 is 28.6 Å². The van der Waals surface area contributed by atoms with Crippen molar-refractivity contribution in [3.63, 3.8) is 0 Å². The molecule has 1 saturated heterocycles. The number of aromatic nitrogens is 3. The van der Waals surface area contributed by atoms with Gasteiger partial charge in [-0.25, -0.2) is 9.37 Å². The maximum atomic E-state index is 14.6. The molecule has 3 heterocycles. The minimum Gasteiger partial charge on any atom is -0.454 e. The third kappa shape index (κ3) is 5.89. The molecule has 2 N–H and O–H groups in total. The Bertz CT molecular complexity index is 1500. The van der Waals surface area contributed by atoms with Crippen LogP contribution in [0.1, 0.15) is 24.1 Å². The summed E-state index contributed by atoms with van der Waals surface area (Å²) in [6.45, 7) is -0.162. The Morgan fingerprint density at radius 3 is 2.70 bits per heavy atom. The predicted molar refractivity (Wildman–Crippen MR) is 141 cm³/mol. The molecule has 2 aromatic heterocycles. The van der Waals surface area contributed by atoms with Gasteiger partial charge in [-0.1, -0.05) is 12.1 Å². The van der Waals surface area contributed by atoms with E-state index in [1.807, 2.05) is 0 Å². The summed E-state index contributed by atoms with van der Waals surface area (Å²) in [6.07, 6.45) is -1.06. The zero-order chi connectivity index (χ0) is 28.3. The molecule has 0 saturated carbocycles. The lowest BCUT2D eigenvalue weighted by molar-refractivity contribution is -0.138. The van der Waals surface area contributed by atoms with Crippen LogP contribution in [-0.4, -0.2) is 45.4 Å². The first-order valence-corrected chi connectivity index (χ1v) is 13.2. The van der Waals surface area contributed by atoms with E-state index in [1.165, 1.54) is 52.9 Å². The lowest BCUT2D eigenvalue weighted by Gasteiger charge is -2.31. The number of benzene rings is 2. The number of ether oxygens (including phenoxy) is 1. The predicted octanol–water partition coefficient (Wildman–Crippen LogP) is 5.69. The molecule has 13 heteroatoms. The first-order chi connectivity index (χ1) is 19.2. The van der Waals surface area contributed by atoms with Crippen molar-refractivity contribution in [3.05, 3.63) is 77.3 Å². The van der Waals surface area contributed by atoms with E-state index < -0.39 is 35.3 Å². The van der Waals surface area contributed by atoms with E-state index in [0.717, 1.165) is 17.7 Å². The highest BCUT2D eigenvalue weighted by Gasteiger charge is 2.42. The van der Waals surface area contributed by atoms with Gasteiger partial charge >= 0.3 is 6.18 Å². The summed E-state index contributed by atoms with van der Waals surface area (Å²) in [7, 11) is 0. The molecule has 1 fully saturated rings. The number of anilines is 2. The van der Waals surface area contributed by atoms with E-state index in [0.29, 0.717) is 23.5 Å². The molecule has 0 spiro atoms. The van der Waals surface area contributed by atoms with Crippen LogP contribution >= 0.6 is 11.3 Å². The fourth-order valence-electron chi connectivity index (χ4n) is 4.59. The van der Waals surface area contributed by atoms with Crippen molar-refractivity contribution < 1.29 is 32.2 Å². The highest BCUT2D eigenvalue weighted by Crippen LogP contribution is 2.49. The van der Waals surface area contributed by atoms with Crippen molar-refractivity contribution in [2.75, 3.05) is 23.4 Å². The van der Waals surface area contributed by atoms with Gasteiger partial charge in [0.15, 0.2) is 11.6 Å². The first-order valence-electron chi connectivity index (χ1n) is 12.3. The SMILES string of the molecule is O=C(Cc1csc(-c2ccnnc2)n1)Nc1ccc(Oc2ccccc2F)c(C(F)(F)F)c1N1CCC[C@@H]1CO. The highest BCUT2D eigenvalue weighted by atomic mass is 32.1. The van der Waals surface area contributed by atoms with Crippen molar-refractivity contribution in [1.29, 1.82) is 0 Å². The number of hydrogen-bond donors (Lipinski definition) is 2. The molecule has 8 nitrogen and oxygen atoms in total. The van der Waals surface area contributed by atoms with E-state index in [-0.39, 0.29) is 36.7 Å². The summed E-state index contributed by atoms with van der Waals surface area (Å²) in [5.74, 6) is -2.40. The maximum Gasteiger partial charge on any atom is 0.422 e. The normalized spacial score (nSPS) is 15.3. The third-order valence-electron chi connectivity index (χ3n) is 6.35. The van der Waals surface area contributed by atoms with Crippen LogP contribution in [0.3, 0.4) is 0 Å². The number of alkyl halides is 3. The summed E-state index contributed by atoms with van der Waals surface area (Å²) >= 11 is 1.30. The fraction of sp³-hybridized carbons (Fsp3) is 0.259. The Kier molecular flexibility index (Phi) is 7.94. The molecule has 1 aliphatic rings. The van der Waals surface area contributed by atoms with Crippen LogP contribution in [0.2, 0.25) is 0 Å². The Morgan fingerprint density at radius 1 is 1.15 bits per heavy atom. The van der Waals surface area contributed by atoms with Crippen molar-refractivity contribution in [3.8, 4) is 22.1 Å². The van der Waals surface area contributed by atoms with E-state index in [2.05, 4.69) is 20.5 Å². The van der Waals surface area contributed by atoms with Gasteiger partial charge in [-0.2, -0.15) is 23.4 Å². The van der Waals surface area contributed by atoms with Crippen molar-refractivity contribution in [2.45, 2.75) is 31.5 Å². The van der Waals surface area contributed by atoms with Crippen LogP contribution in [0, 0.1) is 5.82 Å². The standard InChI is InChI=1S/C27H23F4N5O3S/c28-19-5-1-2-6-21(19)39-22-8-7-20(25(24(22)27(29,30)31)36-11-3-4-18(36)14-37)35-23(38)12-17-15-40-26(34-17)16-9-10-32-33-13-16/h1-2,5-10,13,15,18,37H,3-4,11-12,14H2,(H,35,38)/t18-/m1/s1. The largest absolute Gasteiger partial charge is 0.454 e. The van der Waals surface area contributed by atoms with Crippen LogP contribution in [0.5, 0.6) is 11.5 Å². The molecule has 0 unspecified atom stereocenters. The van der Waals surface area contributed by atoms with E-state index in [4.69, 9.17) is 4.74 Å². The zero-order valence-corrected chi connectivity index (χ0v) is 21.7. The van der Waals surface area contributed by atoms with Gasteiger partial charge in [-0.3, -0.25) is 4.79 Å². The Morgan fingerprint density at radius 2 is 1.98 bits per heavy atom. The lowest BCUT2D eigenvalue weighted by atomic mass is 10.1. The third-order valence-corrected chi connectivity index (χ3v) is 7.29. The second-order valence-electron chi connectivity index (χ2n) is 9.04. The van der Waals surface area contributed by atoms with Gasteiger partial charge in [-0.15, -0.1) is 11.3 Å². The molecule has 0 radical (unpaired) electrons. The number of amides is 1. The van der Waals surface area contributed by atoms with Gasteiger partial charge < -0.3 is 20.1 Å². The molecule has 2 aromatic carbocycles. The second-order valence-corrected chi connectivity index (χ2v) is 9.90. The number of aliphatic hydroxyl groups is 1. The van der Waals surface area contributed by atoms with Crippen LogP contribution < -0.4 is 15.0 Å². The molecule has 208 valence electrons. The van der Waals surface area contributed by atoms with E-state index in [9.17, 15) is 27.5 Å². The van der Waals surface area contributed by atoms with Gasteiger partial charge in [0.05, 0.1) is 48.5 Å². The Labute approximate surface area is 230 Å². The van der Waals surface area contributed by atoms with Crippen molar-refractivity contribution in [1.82, 2.24) is 15.2 Å². The molecule has 1 atom stereocenters. The lowest BCUT2D eigenvalue weighted by Crippen LogP contribution is -2.35. The zero-order valence-electron chi connectivity index (χ0n) is 20.9. The average molecular weight is 574 g/mol. The monoisotopic (exact) mass is 573 g/mol. The number of nitrogens with one attached hydrogen (secondary N) is 1. The van der Waals surface area contributed by atoms with Gasteiger partial charge in [0, 0.05) is 17.5 Å². The average Bonchev–Trinajstić information content (AvgIpc) is 3.60. The van der Waals surface area contributed by atoms with Gasteiger partial charge in [0.25, 0.3) is 0 Å². The topological polar surface area (TPSA) is 100 Å². The summed E-state index contributed by atoms with van der Waals surface area (Å²) in [5, 5.41) is 22.3. The molecule has 1 amide bonds. The summed E-state index contributed by atoms with van der Waals surface area (Å²) in [6, 6.07) is 8.60. The fourth-order valence-corrected chi connectivity index (χ4v) is 5.40. The highest BCUT2D eigenvalue weighted by molar-refractivity contribution is 7.13. The second kappa shape index (κ2) is 11.6. The van der Waals surface area contributed by atoms with Gasteiger partial charge in [0.2, 0.25) is 5.91 Å². The van der Waals surface area contributed by atoms with Crippen LogP contribution in [0.4, 0.5) is 28.9 Å². The first kappa shape index (κ1) is 27.5. The van der Waals surface area contributed by atoms with Crippen LogP contribution in [0.25, 0.3) is 10.6 Å². The molecule has 40 heavy (non-hydrogen) atoms. The summed E-state index contributed by atoms with van der Waals surface area (Å²) < 4.78 is 63.6. The van der Waals surface area contributed by atoms with Gasteiger partial charge in [0.1, 0.15) is 16.3 Å². The minimum absolute atomic E-state index is 0.104. The quantitative estimate of drug-likeness (QED) is 0.261. The molecule has 0 aliphatic carbocycles. The molecule has 5 rings (SSSR count). The van der Waals surface area contributed by atoms with Crippen molar-refractivity contribution in [2.24, 2.45) is 0 Å². The van der Waals surface area contributed by atoms with Gasteiger partial charge in [-0.05, 0) is 43.2 Å². The number of carbonyl (C=O) groups excluding carboxylic acids is 1. The number of thiazole rings is 1. The smallest absolute Gasteiger partial charge is 0.422 e. The number of nitrogens with zero attached hydrogens (tertiary/aromatic N) is 4. The molecule has 1 aliphatic heterocycles. The number of carbonyl (C=O) groups is 1. The van der Waals surface area contributed by atoms with Crippen LogP contribution in [-0.2, 0) is 17.4 Å². The Balaban J connectivity index is 1.50. The van der Waals surface area contributed by atoms with E-state index >= 15 is 0 Å². The van der Waals surface area contributed by atoms with E-state index in [1.54, 1.807) is 11.4 Å². The minimum atomic E-state index is -4.93. The number of para-hydroxylation sites is 1.